The van der Waals surface area contributed by atoms with Crippen molar-refractivity contribution in [1.82, 2.24) is 0 Å². The highest BCUT2D eigenvalue weighted by Gasteiger charge is 2.11. The quantitative estimate of drug-likeness (QED) is 0.467. The molecule has 4 nitrogen and oxygen atoms in total. The highest BCUT2D eigenvalue weighted by molar-refractivity contribution is 5.72. The Morgan fingerprint density at radius 3 is 2.62 bits per heavy atom. The van der Waals surface area contributed by atoms with Gasteiger partial charge in [0, 0.05) is 0 Å². The maximum atomic E-state index is 10.8. The summed E-state index contributed by atoms with van der Waals surface area (Å²) in [5, 5.41) is 3.79. The first-order valence-corrected chi connectivity index (χ1v) is 4.60. The Morgan fingerprint density at radius 2 is 2.15 bits per heavy atom. The van der Waals surface area contributed by atoms with E-state index in [1.165, 1.54) is 0 Å². The molecule has 0 aliphatic heterocycles. The maximum Gasteiger partial charge on any atom is 0.320 e. The molecule has 4 heteroatoms. The number of carboxylic acids is 1. The number of unbranched alkanes of at least 4 members (excludes halogenated alkanes) is 1. The number of hydrogen-bond acceptors (Lipinski definition) is 3. The zero-order valence-electron chi connectivity index (χ0n) is 9.75. The van der Waals surface area contributed by atoms with Crippen molar-refractivity contribution in [2.45, 2.75) is 25.3 Å². The van der Waals surface area contributed by atoms with E-state index in [0.29, 0.717) is 6.42 Å². The summed E-state index contributed by atoms with van der Waals surface area (Å²) in [5.74, 6) is -0.643. The van der Waals surface area contributed by atoms with Gasteiger partial charge in [0.15, 0.2) is 0 Å². The van der Waals surface area contributed by atoms with Crippen LogP contribution in [-0.2, 0) is 4.79 Å². The van der Waals surface area contributed by atoms with E-state index in [1.807, 2.05) is 0 Å². The van der Waals surface area contributed by atoms with Crippen LogP contribution in [0.5, 0.6) is 0 Å². The summed E-state index contributed by atoms with van der Waals surface area (Å²) in [6.07, 6.45) is 2.52. The van der Waals surface area contributed by atoms with Gasteiger partial charge in [-0.1, -0.05) is 0 Å². The van der Waals surface area contributed by atoms with Gasteiger partial charge in [-0.3, -0.25) is 4.79 Å². The van der Waals surface area contributed by atoms with E-state index in [1.54, 1.807) is 0 Å². The normalized spacial score (nSPS) is 14.9. The van der Waals surface area contributed by atoms with Gasteiger partial charge in [-0.05, 0) is 19.3 Å². The molecule has 13 heavy (non-hydrogen) atoms. The zero-order chi connectivity index (χ0) is 11.2. The highest BCUT2D eigenvalue weighted by Crippen LogP contribution is 2.02. The van der Waals surface area contributed by atoms with Crippen LogP contribution in [0.2, 0.25) is 0 Å². The number of nitrogens with zero attached hydrogens (tertiary/aromatic N) is 1. The first-order valence-electron chi connectivity index (χ1n) is 5.00. The third-order valence-corrected chi connectivity index (χ3v) is 1.90. The lowest BCUT2D eigenvalue weighted by molar-refractivity contribution is -0.870. The van der Waals surface area contributed by atoms with E-state index in [9.17, 15) is 4.79 Å². The summed E-state index contributed by atoms with van der Waals surface area (Å²) >= 11 is 0. The van der Waals surface area contributed by atoms with E-state index < -0.39 is 12.0 Å². The number of carbonyl (C=O) groups is 1. The summed E-state index contributed by atoms with van der Waals surface area (Å²) < 4.78 is 7.30. The molecule has 0 radical (unpaired) electrons. The van der Waals surface area contributed by atoms with Crippen LogP contribution in [0.4, 0.5) is 0 Å². The summed E-state index contributed by atoms with van der Waals surface area (Å²) in [4.78, 5) is 10.8. The monoisotopic (exact) mass is 190 g/mol. The number of hydrogen-bond donors (Lipinski definition) is 2. The third kappa shape index (κ3) is 7.74. The molecule has 0 rings (SSSR count). The van der Waals surface area contributed by atoms with Crippen LogP contribution in [0, 0.1) is 0 Å². The van der Waals surface area contributed by atoms with Crippen molar-refractivity contribution in [3.8, 4) is 0 Å². The van der Waals surface area contributed by atoms with Crippen LogP contribution in [0.25, 0.3) is 1.43 Å². The highest BCUT2D eigenvalue weighted by atomic mass is 16.4. The molecule has 0 aromatic heterocycles. The Kier molecular flexibility index (Phi) is 4.18. The predicted molar refractivity (Wildman–Crippen MR) is 52.4 cm³/mol. The SMILES string of the molecule is [2H]OC(=O)[C@@H](N)CCCC[N+](C)(C)C. The Morgan fingerprint density at radius 1 is 1.54 bits per heavy atom. The van der Waals surface area contributed by atoms with Crippen LogP contribution in [0.15, 0.2) is 0 Å². The largest absolute Gasteiger partial charge is 0.480 e. The van der Waals surface area contributed by atoms with E-state index in [-0.39, 0.29) is 0 Å². The Labute approximate surface area is 81.4 Å². The lowest BCUT2D eigenvalue weighted by atomic mass is 10.1. The Bertz CT molecular complexity index is 180. The van der Waals surface area contributed by atoms with Crippen molar-refractivity contribution < 1.29 is 14.4 Å². The molecule has 3 N–H and O–H groups in total. The fourth-order valence-corrected chi connectivity index (χ4v) is 1.07. The number of quaternary nitrogens is 1. The summed E-state index contributed by atoms with van der Waals surface area (Å²) in [6, 6.07) is -0.639. The van der Waals surface area contributed by atoms with Gasteiger partial charge in [0.05, 0.1) is 27.7 Å². The molecular formula is C9H21N2O2+. The minimum atomic E-state index is -0.643. The van der Waals surface area contributed by atoms with Crippen LogP contribution < -0.4 is 5.73 Å². The van der Waals surface area contributed by atoms with Crippen LogP contribution in [0.3, 0.4) is 0 Å². The summed E-state index contributed by atoms with van der Waals surface area (Å²) in [6.45, 7) is 1.06. The van der Waals surface area contributed by atoms with Gasteiger partial charge >= 0.3 is 5.97 Å². The zero-order valence-corrected chi connectivity index (χ0v) is 8.75. The first-order chi connectivity index (χ1) is 6.37. The molecule has 0 bridgehead atoms. The van der Waals surface area contributed by atoms with Crippen molar-refractivity contribution in [3.63, 3.8) is 0 Å². The molecule has 0 aliphatic rings. The number of nitrogens with two attached hydrogens (primary N) is 1. The average molecular weight is 190 g/mol. The van der Waals surface area contributed by atoms with Gasteiger partial charge in [0.1, 0.15) is 6.04 Å². The van der Waals surface area contributed by atoms with Crippen LogP contribution in [0.1, 0.15) is 19.3 Å². The van der Waals surface area contributed by atoms with Crippen molar-refractivity contribution in [2.75, 3.05) is 27.7 Å². The van der Waals surface area contributed by atoms with Crippen molar-refractivity contribution in [1.29, 1.82) is 1.43 Å². The lowest BCUT2D eigenvalue weighted by Gasteiger charge is -2.23. The third-order valence-electron chi connectivity index (χ3n) is 1.90. The number of aliphatic carboxylic acids is 1. The lowest BCUT2D eigenvalue weighted by Crippen LogP contribution is -2.35. The maximum absolute atomic E-state index is 10.8. The minimum Gasteiger partial charge on any atom is -0.480 e. The van der Waals surface area contributed by atoms with Crippen LogP contribution in [-0.4, -0.2) is 49.3 Å². The molecular weight excluding hydrogens is 168 g/mol. The van der Waals surface area contributed by atoms with Gasteiger partial charge in [0.25, 0.3) is 1.43 Å². The molecule has 0 amide bonds. The molecule has 0 aliphatic carbocycles. The minimum absolute atomic E-state index is 0.595. The van der Waals surface area contributed by atoms with E-state index >= 15 is 0 Å². The van der Waals surface area contributed by atoms with Gasteiger partial charge in [-0.2, -0.15) is 0 Å². The molecule has 0 saturated carbocycles. The molecule has 0 fully saturated rings. The van der Waals surface area contributed by atoms with Crippen molar-refractivity contribution in [2.24, 2.45) is 5.73 Å². The van der Waals surface area contributed by atoms with Crippen LogP contribution >= 0.6 is 0 Å². The first kappa shape index (κ1) is 10.5. The van der Waals surface area contributed by atoms with Gasteiger partial charge in [-0.15, -0.1) is 0 Å². The fraction of sp³-hybridized carbons (Fsp3) is 0.889. The van der Waals surface area contributed by atoms with Crippen molar-refractivity contribution >= 4 is 5.97 Å². The van der Waals surface area contributed by atoms with E-state index in [2.05, 4.69) is 26.3 Å². The van der Waals surface area contributed by atoms with Gasteiger partial charge in [0.2, 0.25) is 0 Å². The fourth-order valence-electron chi connectivity index (χ4n) is 1.07. The molecule has 78 valence electrons. The van der Waals surface area contributed by atoms with Gasteiger partial charge < -0.3 is 15.3 Å². The average Bonchev–Trinajstić information content (AvgIpc) is 2.09. The Hall–Kier alpha value is -0.610. The molecule has 0 aromatic rings. The second-order valence-electron chi connectivity index (χ2n) is 4.44. The molecule has 1 atom stereocenters. The molecule has 0 aromatic carbocycles. The van der Waals surface area contributed by atoms with E-state index in [4.69, 9.17) is 7.16 Å². The summed E-state index contributed by atoms with van der Waals surface area (Å²) in [5.41, 5.74) is 5.48. The predicted octanol–water partition coefficient (Wildman–Crippen LogP) is 0.275. The number of rotatable bonds is 6. The van der Waals surface area contributed by atoms with Crippen molar-refractivity contribution in [3.05, 3.63) is 0 Å². The second kappa shape index (κ2) is 5.19. The number of carboxylic acid groups (broad SMARTS) is 1. The standard InChI is InChI=1S/C9H20N2O2/c1-11(2,3)7-5-4-6-8(10)9(12)13/h8H,4-7,10H2,1-3H3/p+1/t8-/m0/s1/i/hD. The molecule has 0 spiro atoms. The van der Waals surface area contributed by atoms with Gasteiger partial charge in [-0.25, -0.2) is 0 Å². The van der Waals surface area contributed by atoms with E-state index in [0.717, 1.165) is 23.9 Å². The summed E-state index contributed by atoms with van der Waals surface area (Å²) in [7, 11) is 6.37. The molecule has 0 unspecified atom stereocenters. The molecule has 0 heterocycles. The topological polar surface area (TPSA) is 63.3 Å². The second-order valence-corrected chi connectivity index (χ2v) is 4.44. The smallest absolute Gasteiger partial charge is 0.320 e. The molecule has 0 saturated heterocycles. The Balaban J connectivity index is 3.50.